The second-order valence-electron chi connectivity index (χ2n) is 3.61. The van der Waals surface area contributed by atoms with Gasteiger partial charge in [0, 0.05) is 13.5 Å². The molecule has 1 fully saturated rings. The normalized spacial score (nSPS) is 25.9. The first-order chi connectivity index (χ1) is 7.11. The minimum absolute atomic E-state index is 0.0389. The van der Waals surface area contributed by atoms with E-state index in [1.165, 1.54) is 11.2 Å². The Labute approximate surface area is 86.3 Å². The molecule has 1 aromatic heterocycles. The van der Waals surface area contributed by atoms with Crippen LogP contribution in [0.15, 0.2) is 22.8 Å². The lowest BCUT2D eigenvalue weighted by Crippen LogP contribution is -2.26. The van der Waals surface area contributed by atoms with Crippen molar-refractivity contribution >= 4 is 11.9 Å². The third kappa shape index (κ3) is 1.49. The van der Waals surface area contributed by atoms with Crippen molar-refractivity contribution in [2.45, 2.75) is 12.5 Å². The standard InChI is InChI=1S/C10H11NO4/c1-11-8(12)5-6(10(13)14)9(11)7-3-2-4-15-7/h2-4,6,9H,5H2,1H3,(H,13,14)/t6-,9+/m1/s1. The van der Waals surface area contributed by atoms with E-state index in [0.29, 0.717) is 5.76 Å². The van der Waals surface area contributed by atoms with Crippen LogP contribution in [-0.4, -0.2) is 28.9 Å². The zero-order chi connectivity index (χ0) is 11.0. The zero-order valence-corrected chi connectivity index (χ0v) is 8.21. The van der Waals surface area contributed by atoms with Gasteiger partial charge in [0.2, 0.25) is 5.91 Å². The molecule has 0 aliphatic carbocycles. The largest absolute Gasteiger partial charge is 0.481 e. The molecule has 2 atom stereocenters. The van der Waals surface area contributed by atoms with Crippen LogP contribution in [0.5, 0.6) is 0 Å². The van der Waals surface area contributed by atoms with E-state index in [2.05, 4.69) is 0 Å². The number of rotatable bonds is 2. The molecule has 0 radical (unpaired) electrons. The predicted octanol–water partition coefficient (Wildman–Crippen LogP) is 0.884. The molecule has 0 bridgehead atoms. The SMILES string of the molecule is CN1C(=O)C[C@@H](C(=O)O)[C@H]1c1ccco1. The molecule has 80 valence electrons. The molecule has 5 heteroatoms. The molecule has 1 aromatic rings. The Bertz CT molecular complexity index is 384. The number of carboxylic acid groups (broad SMARTS) is 1. The van der Waals surface area contributed by atoms with E-state index in [4.69, 9.17) is 9.52 Å². The fourth-order valence-electron chi connectivity index (χ4n) is 1.94. The molecule has 15 heavy (non-hydrogen) atoms. The van der Waals surface area contributed by atoms with Crippen molar-refractivity contribution in [2.24, 2.45) is 5.92 Å². The summed E-state index contributed by atoms with van der Waals surface area (Å²) in [6.45, 7) is 0. The number of carbonyl (C=O) groups excluding carboxylic acids is 1. The van der Waals surface area contributed by atoms with Crippen LogP contribution in [0.3, 0.4) is 0 Å². The van der Waals surface area contributed by atoms with E-state index in [0.717, 1.165) is 0 Å². The van der Waals surface area contributed by atoms with Crippen LogP contribution in [0.1, 0.15) is 18.2 Å². The van der Waals surface area contributed by atoms with E-state index in [-0.39, 0.29) is 12.3 Å². The van der Waals surface area contributed by atoms with Crippen LogP contribution in [-0.2, 0) is 9.59 Å². The molecule has 2 heterocycles. The van der Waals surface area contributed by atoms with Crippen LogP contribution in [0.4, 0.5) is 0 Å². The van der Waals surface area contributed by atoms with Gasteiger partial charge >= 0.3 is 5.97 Å². The number of carboxylic acids is 1. The smallest absolute Gasteiger partial charge is 0.309 e. The second kappa shape index (κ2) is 3.42. The van der Waals surface area contributed by atoms with E-state index in [1.807, 2.05) is 0 Å². The minimum atomic E-state index is -0.964. The highest BCUT2D eigenvalue weighted by Gasteiger charge is 2.44. The lowest BCUT2D eigenvalue weighted by molar-refractivity contribution is -0.142. The Hall–Kier alpha value is -1.78. The van der Waals surface area contributed by atoms with Crippen molar-refractivity contribution in [3.8, 4) is 0 Å². The van der Waals surface area contributed by atoms with E-state index in [1.54, 1.807) is 19.2 Å². The highest BCUT2D eigenvalue weighted by Crippen LogP contribution is 2.37. The monoisotopic (exact) mass is 209 g/mol. The molecule has 0 spiro atoms. The first kappa shape index (κ1) is 9.76. The van der Waals surface area contributed by atoms with Gasteiger partial charge in [0.1, 0.15) is 11.8 Å². The van der Waals surface area contributed by atoms with Crippen LogP contribution in [0.2, 0.25) is 0 Å². The third-order valence-electron chi connectivity index (χ3n) is 2.74. The number of furan rings is 1. The van der Waals surface area contributed by atoms with E-state index < -0.39 is 17.9 Å². The fraction of sp³-hybridized carbons (Fsp3) is 0.400. The summed E-state index contributed by atoms with van der Waals surface area (Å²) in [7, 11) is 1.60. The number of likely N-dealkylation sites (tertiary alicyclic amines) is 1. The summed E-state index contributed by atoms with van der Waals surface area (Å²) in [5.41, 5.74) is 0. The van der Waals surface area contributed by atoms with Crippen molar-refractivity contribution in [1.82, 2.24) is 4.90 Å². The van der Waals surface area contributed by atoms with Crippen LogP contribution in [0, 0.1) is 5.92 Å². The van der Waals surface area contributed by atoms with E-state index in [9.17, 15) is 9.59 Å². The molecular weight excluding hydrogens is 198 g/mol. The number of nitrogens with zero attached hydrogens (tertiary/aromatic N) is 1. The molecular formula is C10H11NO4. The van der Waals surface area contributed by atoms with Crippen molar-refractivity contribution in [3.63, 3.8) is 0 Å². The summed E-state index contributed by atoms with van der Waals surface area (Å²) < 4.78 is 5.16. The Morgan fingerprint density at radius 1 is 1.67 bits per heavy atom. The number of hydrogen-bond acceptors (Lipinski definition) is 3. The summed E-state index contributed by atoms with van der Waals surface area (Å²) in [4.78, 5) is 23.8. The van der Waals surface area contributed by atoms with Gasteiger partial charge in [0.15, 0.2) is 0 Å². The number of amides is 1. The van der Waals surface area contributed by atoms with Gasteiger partial charge in [-0.15, -0.1) is 0 Å². The maximum atomic E-state index is 11.4. The van der Waals surface area contributed by atoms with Gasteiger partial charge < -0.3 is 14.4 Å². The Balaban J connectivity index is 2.34. The molecule has 1 aliphatic heterocycles. The lowest BCUT2D eigenvalue weighted by atomic mass is 9.99. The number of carbonyl (C=O) groups is 2. The lowest BCUT2D eigenvalue weighted by Gasteiger charge is -2.20. The molecule has 1 aliphatic rings. The quantitative estimate of drug-likeness (QED) is 0.785. The molecule has 5 nitrogen and oxygen atoms in total. The molecule has 2 rings (SSSR count). The van der Waals surface area contributed by atoms with Crippen molar-refractivity contribution in [2.75, 3.05) is 7.05 Å². The summed E-state index contributed by atoms with van der Waals surface area (Å²) >= 11 is 0. The van der Waals surface area contributed by atoms with Crippen LogP contribution in [0.25, 0.3) is 0 Å². The van der Waals surface area contributed by atoms with Crippen molar-refractivity contribution < 1.29 is 19.1 Å². The minimum Gasteiger partial charge on any atom is -0.481 e. The predicted molar refractivity (Wildman–Crippen MR) is 50.0 cm³/mol. The molecule has 1 N–H and O–H groups in total. The topological polar surface area (TPSA) is 70.8 Å². The van der Waals surface area contributed by atoms with Gasteiger partial charge in [-0.05, 0) is 12.1 Å². The average molecular weight is 209 g/mol. The molecule has 0 aromatic carbocycles. The van der Waals surface area contributed by atoms with Gasteiger partial charge in [0.05, 0.1) is 12.2 Å². The molecule has 1 saturated heterocycles. The van der Waals surface area contributed by atoms with Crippen molar-refractivity contribution in [3.05, 3.63) is 24.2 Å². The Morgan fingerprint density at radius 3 is 2.93 bits per heavy atom. The average Bonchev–Trinajstić information content (AvgIpc) is 2.76. The summed E-state index contributed by atoms with van der Waals surface area (Å²) in [6.07, 6.45) is 1.52. The molecule has 0 saturated carbocycles. The van der Waals surface area contributed by atoms with Crippen molar-refractivity contribution in [1.29, 1.82) is 0 Å². The third-order valence-corrected chi connectivity index (χ3v) is 2.74. The summed E-state index contributed by atoms with van der Waals surface area (Å²) in [5.74, 6) is -1.32. The number of aliphatic carboxylic acids is 1. The van der Waals surface area contributed by atoms with Crippen LogP contribution >= 0.6 is 0 Å². The first-order valence-corrected chi connectivity index (χ1v) is 4.63. The van der Waals surface area contributed by atoms with Gasteiger partial charge in [0.25, 0.3) is 0 Å². The summed E-state index contributed by atoms with van der Waals surface area (Å²) in [5, 5.41) is 9.00. The zero-order valence-electron chi connectivity index (χ0n) is 8.21. The highest BCUT2D eigenvalue weighted by atomic mass is 16.4. The Morgan fingerprint density at radius 2 is 2.40 bits per heavy atom. The van der Waals surface area contributed by atoms with Gasteiger partial charge in [-0.25, -0.2) is 0 Å². The molecule has 1 amide bonds. The van der Waals surface area contributed by atoms with Gasteiger partial charge in [-0.3, -0.25) is 9.59 Å². The van der Waals surface area contributed by atoms with Gasteiger partial charge in [-0.2, -0.15) is 0 Å². The maximum absolute atomic E-state index is 11.4. The van der Waals surface area contributed by atoms with Crippen LogP contribution < -0.4 is 0 Å². The highest BCUT2D eigenvalue weighted by molar-refractivity contribution is 5.86. The maximum Gasteiger partial charge on any atom is 0.309 e. The fourth-order valence-corrected chi connectivity index (χ4v) is 1.94. The van der Waals surface area contributed by atoms with E-state index >= 15 is 0 Å². The van der Waals surface area contributed by atoms with Gasteiger partial charge in [-0.1, -0.05) is 0 Å². The first-order valence-electron chi connectivity index (χ1n) is 4.63. The number of hydrogen-bond donors (Lipinski definition) is 1. The second-order valence-corrected chi connectivity index (χ2v) is 3.61. The Kier molecular flexibility index (Phi) is 2.22. The molecule has 0 unspecified atom stereocenters. The summed E-state index contributed by atoms with van der Waals surface area (Å²) in [6, 6.07) is 2.89.